The minimum atomic E-state index is -0.413. The van der Waals surface area contributed by atoms with Gasteiger partial charge < -0.3 is 29.8 Å². The van der Waals surface area contributed by atoms with Crippen LogP contribution in [0.2, 0.25) is 0 Å². The number of nitrogens with zero attached hydrogens (tertiary/aromatic N) is 2. The first-order valence-electron chi connectivity index (χ1n) is 3.92. The van der Waals surface area contributed by atoms with E-state index in [9.17, 15) is 4.79 Å². The molecule has 0 bridgehead atoms. The molecule has 2 heterocycles. The third-order valence-corrected chi connectivity index (χ3v) is 2.11. The zero-order chi connectivity index (χ0) is 8.84. The van der Waals surface area contributed by atoms with E-state index in [1.165, 1.54) is 0 Å². The number of nitrogens with one attached hydrogen (secondary N) is 1. The molecule has 1 aliphatic heterocycles. The first kappa shape index (κ1) is 15.1. The van der Waals surface area contributed by atoms with Gasteiger partial charge in [-0.3, -0.25) is 0 Å². The number of urea groups is 1. The van der Waals surface area contributed by atoms with Gasteiger partial charge in [0.05, 0.1) is 5.36 Å². The Balaban J connectivity index is 0.000000750. The van der Waals surface area contributed by atoms with Gasteiger partial charge in [0.25, 0.3) is 0 Å². The summed E-state index contributed by atoms with van der Waals surface area (Å²) in [5, 5.41) is 2.30. The summed E-state index contributed by atoms with van der Waals surface area (Å²) >= 11 is 0. The number of carbonyl (C=O) groups is 1. The Hall–Kier alpha value is -0.871. The number of amides is 2. The minimum absolute atomic E-state index is 0. The molecule has 0 unspecified atom stereocenters. The van der Waals surface area contributed by atoms with Crippen LogP contribution in [0.1, 0.15) is 0 Å². The fourth-order valence-corrected chi connectivity index (χ4v) is 1.54. The molecule has 0 fully saturated rings. The third-order valence-electron chi connectivity index (χ3n) is 2.11. The topological polar surface area (TPSA) is 57.6 Å². The summed E-state index contributed by atoms with van der Waals surface area (Å²) in [6.07, 6.45) is 1.82. The standard InChI is InChI=1S/C9H5N3O.2ClH.Fe/c13-9-11-7-2-1-6-5(3-4-10-6)8(7)12-9;;;/h1-4,10H;2*1H;/q;;;+2/p-2. The number of rotatable bonds is 0. The Kier molecular flexibility index (Phi) is 5.16. The number of carbonyl (C=O) groups excluding carboxylic acids is 1. The van der Waals surface area contributed by atoms with Gasteiger partial charge in [0.15, 0.2) is 0 Å². The number of benzene rings is 1. The fourth-order valence-electron chi connectivity index (χ4n) is 1.54. The van der Waals surface area contributed by atoms with E-state index in [2.05, 4.69) is 15.0 Å². The SMILES string of the molecule is O=C1N=c2ccc3[nH]ccc3c2=N1.[Cl-].[Cl-].[Fe+2]. The van der Waals surface area contributed by atoms with Crippen molar-refractivity contribution in [2.75, 3.05) is 0 Å². The number of aromatic nitrogens is 1. The van der Waals surface area contributed by atoms with E-state index in [4.69, 9.17) is 0 Å². The molecular weight excluding hydrogens is 293 g/mol. The zero-order valence-corrected chi connectivity index (χ0v) is 10.3. The van der Waals surface area contributed by atoms with Crippen molar-refractivity contribution >= 4 is 16.9 Å². The van der Waals surface area contributed by atoms with Crippen LogP contribution in [0.5, 0.6) is 0 Å². The number of H-pyrrole nitrogens is 1. The van der Waals surface area contributed by atoms with Crippen molar-refractivity contribution in [2.24, 2.45) is 9.98 Å². The van der Waals surface area contributed by atoms with Crippen LogP contribution in [0.4, 0.5) is 4.79 Å². The Bertz CT molecular complexity index is 638. The number of aromatic amines is 1. The molecule has 0 spiro atoms. The van der Waals surface area contributed by atoms with Crippen LogP contribution >= 0.6 is 0 Å². The molecule has 0 aliphatic carbocycles. The van der Waals surface area contributed by atoms with Gasteiger partial charge in [0, 0.05) is 17.1 Å². The molecule has 1 aromatic carbocycles. The van der Waals surface area contributed by atoms with E-state index in [0.29, 0.717) is 10.7 Å². The predicted octanol–water partition coefficient (Wildman–Crippen LogP) is -5.45. The maximum Gasteiger partial charge on any atom is 2.00 e. The van der Waals surface area contributed by atoms with Crippen molar-refractivity contribution in [3.8, 4) is 0 Å². The predicted molar refractivity (Wildman–Crippen MR) is 46.0 cm³/mol. The molecule has 0 saturated carbocycles. The van der Waals surface area contributed by atoms with Crippen LogP contribution in [-0.4, -0.2) is 11.0 Å². The maximum absolute atomic E-state index is 10.9. The van der Waals surface area contributed by atoms with Crippen LogP contribution in [-0.2, 0) is 17.1 Å². The quantitative estimate of drug-likeness (QED) is 0.485. The summed E-state index contributed by atoms with van der Waals surface area (Å²) in [5.41, 5.74) is 0.979. The number of hydrogen-bond donors (Lipinski definition) is 1. The summed E-state index contributed by atoms with van der Waals surface area (Å²) in [6, 6.07) is 5.17. The molecule has 4 nitrogen and oxygen atoms in total. The smallest absolute Gasteiger partial charge is 1.00 e. The second-order valence-corrected chi connectivity index (χ2v) is 2.88. The fraction of sp³-hybridized carbons (Fsp3) is 0. The molecule has 2 aromatic rings. The maximum atomic E-state index is 10.9. The zero-order valence-electron chi connectivity index (χ0n) is 7.72. The van der Waals surface area contributed by atoms with Crippen LogP contribution in [0.25, 0.3) is 10.9 Å². The second kappa shape index (κ2) is 5.46. The Morgan fingerprint density at radius 2 is 1.81 bits per heavy atom. The summed E-state index contributed by atoms with van der Waals surface area (Å²) < 4.78 is 0. The molecule has 0 radical (unpaired) electrons. The molecule has 2 amide bonds. The number of hydrogen-bond acceptors (Lipinski definition) is 1. The molecule has 0 saturated heterocycles. The van der Waals surface area contributed by atoms with E-state index < -0.39 is 6.03 Å². The van der Waals surface area contributed by atoms with Gasteiger partial charge in [0.1, 0.15) is 5.36 Å². The molecule has 16 heavy (non-hydrogen) atoms. The van der Waals surface area contributed by atoms with Crippen LogP contribution < -0.4 is 35.5 Å². The van der Waals surface area contributed by atoms with Crippen LogP contribution in [0.3, 0.4) is 0 Å². The minimum Gasteiger partial charge on any atom is -1.00 e. The van der Waals surface area contributed by atoms with Crippen molar-refractivity contribution in [2.45, 2.75) is 0 Å². The van der Waals surface area contributed by atoms with Crippen molar-refractivity contribution in [3.63, 3.8) is 0 Å². The van der Waals surface area contributed by atoms with Gasteiger partial charge in [-0.05, 0) is 18.2 Å². The average molecular weight is 298 g/mol. The molecule has 0 atom stereocenters. The Morgan fingerprint density at radius 3 is 2.56 bits per heavy atom. The van der Waals surface area contributed by atoms with Gasteiger partial charge in [0.2, 0.25) is 0 Å². The average Bonchev–Trinajstić information content (AvgIpc) is 2.65. The van der Waals surface area contributed by atoms with Crippen LogP contribution in [0, 0.1) is 0 Å². The van der Waals surface area contributed by atoms with Crippen LogP contribution in [0.15, 0.2) is 34.4 Å². The van der Waals surface area contributed by atoms with Crippen molar-refractivity contribution in [1.29, 1.82) is 0 Å². The molecule has 1 aromatic heterocycles. The van der Waals surface area contributed by atoms with Gasteiger partial charge in [-0.25, -0.2) is 4.79 Å². The molecule has 1 N–H and O–H groups in total. The first-order chi connectivity index (χ1) is 6.34. The molecule has 3 rings (SSSR count). The van der Waals surface area contributed by atoms with E-state index >= 15 is 0 Å². The molecule has 1 aliphatic rings. The van der Waals surface area contributed by atoms with Gasteiger partial charge in [-0.15, -0.1) is 0 Å². The van der Waals surface area contributed by atoms with Gasteiger partial charge in [-0.2, -0.15) is 9.98 Å². The first-order valence-corrected chi connectivity index (χ1v) is 3.92. The van der Waals surface area contributed by atoms with E-state index in [1.54, 1.807) is 6.07 Å². The number of fused-ring (bicyclic) bond motifs is 3. The third kappa shape index (κ3) is 2.13. The number of halogens is 2. The van der Waals surface area contributed by atoms with E-state index in [1.807, 2.05) is 18.3 Å². The molecule has 84 valence electrons. The largest absolute Gasteiger partial charge is 2.00 e. The summed E-state index contributed by atoms with van der Waals surface area (Å²) in [4.78, 5) is 21.6. The second-order valence-electron chi connectivity index (χ2n) is 2.88. The summed E-state index contributed by atoms with van der Waals surface area (Å²) in [7, 11) is 0. The molecular formula is C9H5Cl2FeN3O. The van der Waals surface area contributed by atoms with Crippen molar-refractivity contribution in [1.82, 2.24) is 4.98 Å². The van der Waals surface area contributed by atoms with E-state index in [-0.39, 0.29) is 41.9 Å². The summed E-state index contributed by atoms with van der Waals surface area (Å²) in [5.74, 6) is 0. The van der Waals surface area contributed by atoms with Gasteiger partial charge in [-0.1, -0.05) is 0 Å². The molecule has 7 heteroatoms. The van der Waals surface area contributed by atoms with Crippen molar-refractivity contribution < 1.29 is 46.7 Å². The van der Waals surface area contributed by atoms with Crippen molar-refractivity contribution in [3.05, 3.63) is 35.1 Å². The van der Waals surface area contributed by atoms with E-state index in [0.717, 1.165) is 10.9 Å². The Labute approximate surface area is 114 Å². The monoisotopic (exact) mass is 297 g/mol. The normalized spacial score (nSPS) is 11.4. The Morgan fingerprint density at radius 1 is 1.06 bits per heavy atom. The summed E-state index contributed by atoms with van der Waals surface area (Å²) in [6.45, 7) is 0. The van der Waals surface area contributed by atoms with Gasteiger partial charge >= 0.3 is 23.1 Å².